The Bertz CT molecular complexity index is 1620. The summed E-state index contributed by atoms with van der Waals surface area (Å²) in [5, 5.41) is 9.57. The maximum Gasteiger partial charge on any atom is 0.257 e. The molecule has 0 aliphatic heterocycles. The standard InChI is InChI=1S/C27H26F2N6O4/c1-14-19(22-6-7-24-33-23(32-15(2)36)12-35(24)34-22)10-20(27(31-14)38-3)26(37)30-11-17-8-18(28)9-21(29)25(17)39-13-16-4-5-16/h6-10,12,16H,4-5,11,13H2,1-3H3,(H,30,37)(H,32,36)/i11D. The second-order valence-electron chi connectivity index (χ2n) is 9.18. The zero-order valence-electron chi connectivity index (χ0n) is 22.4. The molecule has 10 nitrogen and oxygen atoms in total. The molecule has 39 heavy (non-hydrogen) atoms. The minimum Gasteiger partial charge on any atom is -0.490 e. The van der Waals surface area contributed by atoms with Crippen molar-refractivity contribution in [3.63, 3.8) is 0 Å². The summed E-state index contributed by atoms with van der Waals surface area (Å²) < 4.78 is 49.5. The number of hydrogen-bond donors (Lipinski definition) is 2. The number of fused-ring (bicyclic) bond motifs is 1. The molecule has 0 spiro atoms. The summed E-state index contributed by atoms with van der Waals surface area (Å²) >= 11 is 0. The highest BCUT2D eigenvalue weighted by Gasteiger charge is 2.24. The Morgan fingerprint density at radius 3 is 2.72 bits per heavy atom. The topological polar surface area (TPSA) is 120 Å². The van der Waals surface area contributed by atoms with Gasteiger partial charge in [-0.25, -0.2) is 23.3 Å². The van der Waals surface area contributed by atoms with Crippen molar-refractivity contribution in [2.24, 2.45) is 5.92 Å². The van der Waals surface area contributed by atoms with Gasteiger partial charge in [-0.1, -0.05) is 0 Å². The number of anilines is 1. The van der Waals surface area contributed by atoms with E-state index in [4.69, 9.17) is 10.8 Å². The Morgan fingerprint density at radius 1 is 1.21 bits per heavy atom. The molecule has 1 unspecified atom stereocenters. The maximum atomic E-state index is 14.6. The van der Waals surface area contributed by atoms with Gasteiger partial charge in [0.15, 0.2) is 23.0 Å². The number of nitrogens with zero attached hydrogens (tertiary/aromatic N) is 4. The number of ether oxygens (including phenoxy) is 2. The average Bonchev–Trinajstić information content (AvgIpc) is 3.64. The monoisotopic (exact) mass is 537 g/mol. The van der Waals surface area contributed by atoms with Crippen LogP contribution in [-0.4, -0.2) is 45.1 Å². The number of imidazole rings is 1. The Labute approximate surface area is 223 Å². The van der Waals surface area contributed by atoms with Gasteiger partial charge in [0.1, 0.15) is 11.4 Å². The number of carbonyl (C=O) groups is 2. The molecule has 0 saturated heterocycles. The van der Waals surface area contributed by atoms with Crippen LogP contribution < -0.4 is 20.1 Å². The van der Waals surface area contributed by atoms with E-state index in [1.54, 1.807) is 25.3 Å². The molecule has 4 aromatic rings. The molecule has 0 radical (unpaired) electrons. The number of rotatable bonds is 9. The molecule has 3 heterocycles. The highest BCUT2D eigenvalue weighted by atomic mass is 19.1. The zero-order valence-corrected chi connectivity index (χ0v) is 21.4. The van der Waals surface area contributed by atoms with Crippen LogP contribution in [0.5, 0.6) is 11.6 Å². The number of aryl methyl sites for hydroxylation is 1. The molecule has 5 rings (SSSR count). The number of benzene rings is 1. The van der Waals surface area contributed by atoms with E-state index >= 15 is 0 Å². The number of pyridine rings is 1. The number of hydrogen-bond acceptors (Lipinski definition) is 7. The largest absolute Gasteiger partial charge is 0.490 e. The summed E-state index contributed by atoms with van der Waals surface area (Å²) in [6.45, 7) is 1.79. The van der Waals surface area contributed by atoms with Crippen molar-refractivity contribution >= 4 is 23.3 Å². The molecule has 1 aliphatic carbocycles. The van der Waals surface area contributed by atoms with E-state index < -0.39 is 24.1 Å². The lowest BCUT2D eigenvalue weighted by atomic mass is 10.1. The lowest BCUT2D eigenvalue weighted by molar-refractivity contribution is -0.114. The number of methoxy groups -OCH3 is 1. The van der Waals surface area contributed by atoms with E-state index in [1.165, 1.54) is 24.6 Å². The summed E-state index contributed by atoms with van der Waals surface area (Å²) in [4.78, 5) is 33.4. The quantitative estimate of drug-likeness (QED) is 0.330. The Balaban J connectivity index is 1.45. The van der Waals surface area contributed by atoms with Crippen LogP contribution in [0.25, 0.3) is 16.9 Å². The van der Waals surface area contributed by atoms with Crippen LogP contribution >= 0.6 is 0 Å². The van der Waals surface area contributed by atoms with Crippen molar-refractivity contribution in [1.82, 2.24) is 24.9 Å². The predicted molar refractivity (Wildman–Crippen MR) is 138 cm³/mol. The number of carbonyl (C=O) groups excluding carboxylic acids is 2. The second-order valence-corrected chi connectivity index (χ2v) is 9.18. The summed E-state index contributed by atoms with van der Waals surface area (Å²) in [7, 11) is 1.35. The van der Waals surface area contributed by atoms with E-state index in [-0.39, 0.29) is 35.3 Å². The third-order valence-corrected chi connectivity index (χ3v) is 6.07. The summed E-state index contributed by atoms with van der Waals surface area (Å²) in [6, 6.07) is 6.55. The molecular formula is C27H26F2N6O4. The Morgan fingerprint density at radius 2 is 2.00 bits per heavy atom. The number of nitrogens with one attached hydrogen (secondary N) is 2. The third kappa shape index (κ3) is 5.79. The van der Waals surface area contributed by atoms with E-state index in [0.29, 0.717) is 40.4 Å². The van der Waals surface area contributed by atoms with Crippen molar-refractivity contribution in [2.45, 2.75) is 33.2 Å². The van der Waals surface area contributed by atoms with E-state index in [1.807, 2.05) is 0 Å². The van der Waals surface area contributed by atoms with Gasteiger partial charge < -0.3 is 20.1 Å². The van der Waals surface area contributed by atoms with Gasteiger partial charge in [-0.05, 0) is 49.9 Å². The van der Waals surface area contributed by atoms with Crippen LogP contribution in [0.1, 0.15) is 42.8 Å². The van der Waals surface area contributed by atoms with Crippen LogP contribution in [0.3, 0.4) is 0 Å². The molecule has 12 heteroatoms. The third-order valence-electron chi connectivity index (χ3n) is 6.07. The molecular weight excluding hydrogens is 510 g/mol. The fraction of sp³-hybridized carbons (Fsp3) is 0.296. The first-order valence-corrected chi connectivity index (χ1v) is 12.2. The Hall–Kier alpha value is -4.61. The van der Waals surface area contributed by atoms with Gasteiger partial charge >= 0.3 is 0 Å². The van der Waals surface area contributed by atoms with Crippen LogP contribution in [0.4, 0.5) is 14.6 Å². The van der Waals surface area contributed by atoms with Crippen molar-refractivity contribution < 1.29 is 29.2 Å². The average molecular weight is 538 g/mol. The van der Waals surface area contributed by atoms with Crippen LogP contribution in [-0.2, 0) is 11.3 Å². The van der Waals surface area contributed by atoms with Crippen LogP contribution in [0.2, 0.25) is 0 Å². The molecule has 3 aromatic heterocycles. The smallest absolute Gasteiger partial charge is 0.257 e. The van der Waals surface area contributed by atoms with Gasteiger partial charge in [-0.15, -0.1) is 0 Å². The van der Waals surface area contributed by atoms with Gasteiger partial charge in [0.05, 0.1) is 32.7 Å². The van der Waals surface area contributed by atoms with Crippen LogP contribution in [0.15, 0.2) is 36.5 Å². The van der Waals surface area contributed by atoms with Crippen molar-refractivity contribution in [2.75, 3.05) is 19.0 Å². The SMILES string of the molecule is [2H]C(NC(=O)c1cc(-c2ccc3nc(NC(C)=O)cn3n2)c(C)nc1OC)c1cc(F)cc(F)c1OCC1CC1. The molecule has 1 fully saturated rings. The number of amides is 2. The minimum absolute atomic E-state index is 0.00164. The molecule has 1 aromatic carbocycles. The zero-order chi connectivity index (χ0) is 28.6. The summed E-state index contributed by atoms with van der Waals surface area (Å²) in [6.07, 6.45) is 3.47. The molecule has 2 amide bonds. The number of halogens is 2. The minimum atomic E-state index is -1.55. The van der Waals surface area contributed by atoms with Gasteiger partial charge in [-0.3, -0.25) is 9.59 Å². The summed E-state index contributed by atoms with van der Waals surface area (Å²) in [5.41, 5.74) is 1.79. The molecule has 1 atom stereocenters. The van der Waals surface area contributed by atoms with Crippen LogP contribution in [0, 0.1) is 24.5 Å². The lowest BCUT2D eigenvalue weighted by Crippen LogP contribution is -2.24. The molecule has 202 valence electrons. The van der Waals surface area contributed by atoms with Gasteiger partial charge in [-0.2, -0.15) is 5.10 Å². The van der Waals surface area contributed by atoms with Crippen molar-refractivity contribution in [3.8, 4) is 22.9 Å². The van der Waals surface area contributed by atoms with E-state index in [0.717, 1.165) is 18.9 Å². The van der Waals surface area contributed by atoms with Crippen molar-refractivity contribution in [1.29, 1.82) is 0 Å². The first kappa shape index (κ1) is 24.7. The van der Waals surface area contributed by atoms with Gasteiger partial charge in [0.25, 0.3) is 5.91 Å². The van der Waals surface area contributed by atoms with E-state index in [2.05, 4.69) is 25.7 Å². The van der Waals surface area contributed by atoms with E-state index in [9.17, 15) is 18.4 Å². The van der Waals surface area contributed by atoms with Gasteiger partial charge in [0, 0.05) is 30.6 Å². The highest BCUT2D eigenvalue weighted by molar-refractivity contribution is 5.97. The maximum absolute atomic E-state index is 14.6. The fourth-order valence-corrected chi connectivity index (χ4v) is 3.97. The normalized spacial score (nSPS) is 14.0. The molecule has 1 aliphatic rings. The molecule has 0 bridgehead atoms. The number of aromatic nitrogens is 4. The molecule has 1 saturated carbocycles. The van der Waals surface area contributed by atoms with Crippen molar-refractivity contribution in [3.05, 3.63) is 65.0 Å². The summed E-state index contributed by atoms with van der Waals surface area (Å²) in [5.74, 6) is -2.50. The van der Waals surface area contributed by atoms with Gasteiger partial charge in [0.2, 0.25) is 11.8 Å². The fourth-order valence-electron chi connectivity index (χ4n) is 3.97. The Kier molecular flexibility index (Phi) is 6.74. The lowest BCUT2D eigenvalue weighted by Gasteiger charge is -2.15. The first-order chi connectivity index (χ1) is 19.1. The predicted octanol–water partition coefficient (Wildman–Crippen LogP) is 4.06. The first-order valence-electron chi connectivity index (χ1n) is 12.8. The highest BCUT2D eigenvalue weighted by Crippen LogP contribution is 2.32. The molecule has 2 N–H and O–H groups in total. The second kappa shape index (κ2) is 10.6.